The SMILES string of the molecule is COc1cc(COc2cc(C)nc3ncnn23)nc(N2CCNCC2)n1. The van der Waals surface area contributed by atoms with Crippen molar-refractivity contribution in [1.82, 2.24) is 34.9 Å². The third kappa shape index (κ3) is 3.36. The molecule has 3 aromatic rings. The van der Waals surface area contributed by atoms with Crippen LogP contribution < -0.4 is 19.7 Å². The van der Waals surface area contributed by atoms with Crippen LogP contribution in [0.25, 0.3) is 5.78 Å². The molecule has 4 heterocycles. The minimum absolute atomic E-state index is 0.260. The molecule has 1 aliphatic rings. The zero-order chi connectivity index (χ0) is 17.9. The van der Waals surface area contributed by atoms with Crippen LogP contribution in [0.3, 0.4) is 0 Å². The van der Waals surface area contributed by atoms with E-state index in [9.17, 15) is 0 Å². The van der Waals surface area contributed by atoms with E-state index in [2.05, 4.69) is 35.3 Å². The first-order valence-electron chi connectivity index (χ1n) is 8.41. The number of hydrogen-bond acceptors (Lipinski definition) is 9. The molecule has 1 N–H and O–H groups in total. The Morgan fingerprint density at radius 1 is 1.15 bits per heavy atom. The van der Waals surface area contributed by atoms with Gasteiger partial charge in [0.05, 0.1) is 12.8 Å². The second-order valence-electron chi connectivity index (χ2n) is 5.93. The van der Waals surface area contributed by atoms with Gasteiger partial charge in [-0.05, 0) is 6.92 Å². The fourth-order valence-electron chi connectivity index (χ4n) is 2.79. The Balaban J connectivity index is 1.58. The molecule has 0 aromatic carbocycles. The highest BCUT2D eigenvalue weighted by Gasteiger charge is 2.16. The van der Waals surface area contributed by atoms with Crippen LogP contribution in [-0.4, -0.2) is 62.8 Å². The molecule has 0 aliphatic carbocycles. The fourth-order valence-corrected chi connectivity index (χ4v) is 2.79. The molecule has 1 fully saturated rings. The number of fused-ring (bicyclic) bond motifs is 1. The molecule has 1 saturated heterocycles. The van der Waals surface area contributed by atoms with Gasteiger partial charge in [-0.1, -0.05) is 0 Å². The number of piperazine rings is 1. The third-order valence-electron chi connectivity index (χ3n) is 4.07. The average molecular weight is 356 g/mol. The predicted octanol–water partition coefficient (Wildman–Crippen LogP) is 0.220. The zero-order valence-electron chi connectivity index (χ0n) is 14.7. The van der Waals surface area contributed by atoms with Gasteiger partial charge in [-0.2, -0.15) is 19.6 Å². The van der Waals surface area contributed by atoms with Crippen molar-refractivity contribution in [3.8, 4) is 11.8 Å². The van der Waals surface area contributed by atoms with Crippen LogP contribution in [0.1, 0.15) is 11.4 Å². The molecule has 0 unspecified atom stereocenters. The predicted molar refractivity (Wildman–Crippen MR) is 93.5 cm³/mol. The normalized spacial score (nSPS) is 14.6. The van der Waals surface area contributed by atoms with E-state index in [1.807, 2.05) is 13.0 Å². The van der Waals surface area contributed by atoms with Crippen LogP contribution in [0.5, 0.6) is 11.8 Å². The smallest absolute Gasteiger partial charge is 0.255 e. The van der Waals surface area contributed by atoms with Crippen molar-refractivity contribution < 1.29 is 9.47 Å². The fraction of sp³-hybridized carbons (Fsp3) is 0.438. The van der Waals surface area contributed by atoms with Gasteiger partial charge in [-0.15, -0.1) is 0 Å². The molecule has 1 aliphatic heterocycles. The summed E-state index contributed by atoms with van der Waals surface area (Å²) < 4.78 is 12.8. The van der Waals surface area contributed by atoms with Gasteiger partial charge in [0.2, 0.25) is 17.7 Å². The molecule has 3 aromatic heterocycles. The maximum atomic E-state index is 5.93. The van der Waals surface area contributed by atoms with Gasteiger partial charge < -0.3 is 19.7 Å². The number of nitrogens with zero attached hydrogens (tertiary/aromatic N) is 7. The van der Waals surface area contributed by atoms with Crippen LogP contribution in [0.2, 0.25) is 0 Å². The Labute approximate surface area is 150 Å². The highest BCUT2D eigenvalue weighted by Crippen LogP contribution is 2.19. The summed E-state index contributed by atoms with van der Waals surface area (Å²) in [4.78, 5) is 19.6. The third-order valence-corrected chi connectivity index (χ3v) is 4.07. The van der Waals surface area contributed by atoms with Crippen LogP contribution in [0, 0.1) is 6.92 Å². The standard InChI is InChI=1S/C16H20N8O2/c1-11-7-14(24-15(20-11)18-10-19-24)26-9-12-8-13(25-2)22-16(21-12)23-5-3-17-4-6-23/h7-8,10,17H,3-6,9H2,1-2H3. The number of methoxy groups -OCH3 is 1. The Bertz CT molecular complexity index is 906. The summed E-state index contributed by atoms with van der Waals surface area (Å²) in [6.07, 6.45) is 1.45. The Kier molecular flexibility index (Phi) is 4.48. The molecule has 0 radical (unpaired) electrons. The summed E-state index contributed by atoms with van der Waals surface area (Å²) in [5.74, 6) is 2.23. The van der Waals surface area contributed by atoms with E-state index in [1.54, 1.807) is 17.7 Å². The molecule has 0 bridgehead atoms. The van der Waals surface area contributed by atoms with Crippen molar-refractivity contribution in [2.75, 3.05) is 38.2 Å². The molecule has 136 valence electrons. The maximum absolute atomic E-state index is 5.93. The van der Waals surface area contributed by atoms with E-state index >= 15 is 0 Å². The Morgan fingerprint density at radius 3 is 2.81 bits per heavy atom. The lowest BCUT2D eigenvalue weighted by molar-refractivity contribution is 0.279. The first kappa shape index (κ1) is 16.5. The molecular formula is C16H20N8O2. The topological polar surface area (TPSA) is 103 Å². The summed E-state index contributed by atoms with van der Waals surface area (Å²) in [6, 6.07) is 3.59. The van der Waals surface area contributed by atoms with Gasteiger partial charge in [0, 0.05) is 44.0 Å². The van der Waals surface area contributed by atoms with Gasteiger partial charge in [0.15, 0.2) is 0 Å². The molecule has 0 atom stereocenters. The van der Waals surface area contributed by atoms with Crippen molar-refractivity contribution in [1.29, 1.82) is 0 Å². The quantitative estimate of drug-likeness (QED) is 0.687. The molecule has 10 nitrogen and oxygen atoms in total. The number of anilines is 1. The zero-order valence-corrected chi connectivity index (χ0v) is 14.7. The second-order valence-corrected chi connectivity index (χ2v) is 5.93. The summed E-state index contributed by atoms with van der Waals surface area (Å²) in [5, 5.41) is 7.46. The number of hydrogen-bond donors (Lipinski definition) is 1. The molecule has 0 saturated carbocycles. The van der Waals surface area contributed by atoms with Crippen molar-refractivity contribution in [3.63, 3.8) is 0 Å². The molecular weight excluding hydrogens is 336 g/mol. The van der Waals surface area contributed by atoms with Crippen LogP contribution >= 0.6 is 0 Å². The Hall–Kier alpha value is -3.01. The van der Waals surface area contributed by atoms with E-state index in [0.29, 0.717) is 23.5 Å². The van der Waals surface area contributed by atoms with E-state index in [4.69, 9.17) is 9.47 Å². The first-order chi connectivity index (χ1) is 12.7. The minimum Gasteiger partial charge on any atom is -0.481 e. The van der Waals surface area contributed by atoms with Gasteiger partial charge >= 0.3 is 0 Å². The number of ether oxygens (including phenoxy) is 2. The van der Waals surface area contributed by atoms with Crippen molar-refractivity contribution >= 4 is 11.7 Å². The summed E-state index contributed by atoms with van der Waals surface area (Å²) in [5.41, 5.74) is 1.54. The summed E-state index contributed by atoms with van der Waals surface area (Å²) >= 11 is 0. The number of nitrogens with one attached hydrogen (secondary N) is 1. The molecule has 26 heavy (non-hydrogen) atoms. The number of aromatic nitrogens is 6. The second kappa shape index (κ2) is 7.08. The monoisotopic (exact) mass is 356 g/mol. The average Bonchev–Trinajstić information content (AvgIpc) is 3.15. The van der Waals surface area contributed by atoms with Crippen LogP contribution in [0.15, 0.2) is 18.5 Å². The van der Waals surface area contributed by atoms with Gasteiger partial charge in [0.1, 0.15) is 12.9 Å². The van der Waals surface area contributed by atoms with Crippen LogP contribution in [-0.2, 0) is 6.61 Å². The molecule has 4 rings (SSSR count). The molecule has 10 heteroatoms. The number of aryl methyl sites for hydroxylation is 1. The largest absolute Gasteiger partial charge is 0.481 e. The lowest BCUT2D eigenvalue weighted by atomic mass is 10.3. The van der Waals surface area contributed by atoms with Crippen molar-refractivity contribution in [2.24, 2.45) is 0 Å². The summed E-state index contributed by atoms with van der Waals surface area (Å²) in [6.45, 7) is 5.68. The van der Waals surface area contributed by atoms with E-state index in [0.717, 1.165) is 37.6 Å². The highest BCUT2D eigenvalue weighted by atomic mass is 16.5. The lowest BCUT2D eigenvalue weighted by Crippen LogP contribution is -2.44. The van der Waals surface area contributed by atoms with Gasteiger partial charge in [-0.3, -0.25) is 0 Å². The first-order valence-corrected chi connectivity index (χ1v) is 8.41. The van der Waals surface area contributed by atoms with E-state index in [-0.39, 0.29) is 6.61 Å². The van der Waals surface area contributed by atoms with Gasteiger partial charge in [0.25, 0.3) is 5.78 Å². The lowest BCUT2D eigenvalue weighted by Gasteiger charge is -2.27. The Morgan fingerprint density at radius 2 is 2.00 bits per heavy atom. The van der Waals surface area contributed by atoms with E-state index in [1.165, 1.54) is 6.33 Å². The molecule has 0 amide bonds. The summed E-state index contributed by atoms with van der Waals surface area (Å²) in [7, 11) is 1.60. The maximum Gasteiger partial charge on any atom is 0.255 e. The number of rotatable bonds is 5. The van der Waals surface area contributed by atoms with Crippen LogP contribution in [0.4, 0.5) is 5.95 Å². The highest BCUT2D eigenvalue weighted by molar-refractivity contribution is 5.36. The minimum atomic E-state index is 0.260. The van der Waals surface area contributed by atoms with Gasteiger partial charge in [-0.25, -0.2) is 9.97 Å². The van der Waals surface area contributed by atoms with Crippen molar-refractivity contribution in [2.45, 2.75) is 13.5 Å². The molecule has 0 spiro atoms. The van der Waals surface area contributed by atoms with E-state index < -0.39 is 0 Å². The van der Waals surface area contributed by atoms with Crippen molar-refractivity contribution in [3.05, 3.63) is 29.8 Å².